The van der Waals surface area contributed by atoms with E-state index in [1.165, 1.54) is 0 Å². The van der Waals surface area contributed by atoms with Crippen molar-refractivity contribution in [2.75, 3.05) is 27.9 Å². The molecule has 3 rings (SSSR count). The summed E-state index contributed by atoms with van der Waals surface area (Å²) in [6, 6.07) is 15.1. The second-order valence-corrected chi connectivity index (χ2v) is 8.48. The molecule has 0 radical (unpaired) electrons. The fourth-order valence-corrected chi connectivity index (χ4v) is 3.91. The molecule has 0 unspecified atom stereocenters. The van der Waals surface area contributed by atoms with Crippen LogP contribution in [0.5, 0.6) is 23.0 Å². The van der Waals surface area contributed by atoms with E-state index in [0.717, 1.165) is 41.2 Å². The quantitative estimate of drug-likeness (QED) is 0.295. The topological polar surface area (TPSA) is 49.0 Å². The van der Waals surface area contributed by atoms with Gasteiger partial charge >= 0.3 is 0 Å². The van der Waals surface area contributed by atoms with Crippen LogP contribution < -0.4 is 24.3 Å². The molecule has 33 heavy (non-hydrogen) atoms. The van der Waals surface area contributed by atoms with Gasteiger partial charge in [0.25, 0.3) is 0 Å². The highest BCUT2D eigenvalue weighted by Gasteiger charge is 2.13. The van der Waals surface area contributed by atoms with E-state index in [4.69, 9.17) is 53.8 Å². The molecule has 3 aromatic rings. The molecule has 0 saturated heterocycles. The molecule has 5 nitrogen and oxygen atoms in total. The minimum Gasteiger partial charge on any atom is -0.493 e. The molecule has 0 fully saturated rings. The summed E-state index contributed by atoms with van der Waals surface area (Å²) < 4.78 is 22.1. The first-order valence-electron chi connectivity index (χ1n) is 10.3. The van der Waals surface area contributed by atoms with Gasteiger partial charge in [0.15, 0.2) is 23.0 Å². The van der Waals surface area contributed by atoms with E-state index < -0.39 is 0 Å². The SMILES string of the molecule is COc1ccc(CCNCc2cc(Cl)c(OCc3ccc(Cl)c(Cl)c3)c(OC)c2)cc1OC. The minimum absolute atomic E-state index is 0.288. The minimum atomic E-state index is 0.288. The molecule has 0 aliphatic carbocycles. The Morgan fingerprint density at radius 3 is 2.03 bits per heavy atom. The first kappa shape index (κ1) is 25.3. The summed E-state index contributed by atoms with van der Waals surface area (Å²) >= 11 is 18.5. The van der Waals surface area contributed by atoms with Crippen molar-refractivity contribution in [2.24, 2.45) is 0 Å². The van der Waals surface area contributed by atoms with Crippen LogP contribution in [0.15, 0.2) is 48.5 Å². The molecule has 176 valence electrons. The van der Waals surface area contributed by atoms with Crippen molar-refractivity contribution < 1.29 is 18.9 Å². The van der Waals surface area contributed by atoms with E-state index in [9.17, 15) is 0 Å². The monoisotopic (exact) mass is 509 g/mol. The van der Waals surface area contributed by atoms with Gasteiger partial charge < -0.3 is 24.3 Å². The fourth-order valence-electron chi connectivity index (χ4n) is 3.30. The largest absolute Gasteiger partial charge is 0.493 e. The smallest absolute Gasteiger partial charge is 0.180 e. The van der Waals surface area contributed by atoms with Crippen molar-refractivity contribution in [3.8, 4) is 23.0 Å². The van der Waals surface area contributed by atoms with Gasteiger partial charge in [-0.3, -0.25) is 0 Å². The van der Waals surface area contributed by atoms with Gasteiger partial charge in [0, 0.05) is 6.54 Å². The lowest BCUT2D eigenvalue weighted by atomic mass is 10.1. The average molecular weight is 511 g/mol. The Bertz CT molecular complexity index is 1090. The van der Waals surface area contributed by atoms with Gasteiger partial charge in [-0.05, 0) is 66.1 Å². The molecule has 0 aliphatic rings. The van der Waals surface area contributed by atoms with E-state index in [1.54, 1.807) is 33.5 Å². The number of nitrogens with one attached hydrogen (secondary N) is 1. The Labute approximate surface area is 209 Å². The van der Waals surface area contributed by atoms with Crippen LogP contribution in [0.4, 0.5) is 0 Å². The van der Waals surface area contributed by atoms with Gasteiger partial charge in [-0.2, -0.15) is 0 Å². The van der Waals surface area contributed by atoms with Crippen LogP contribution in [0.25, 0.3) is 0 Å². The van der Waals surface area contributed by atoms with Crippen LogP contribution in [-0.2, 0) is 19.6 Å². The van der Waals surface area contributed by atoms with Crippen LogP contribution in [-0.4, -0.2) is 27.9 Å². The predicted octanol–water partition coefficient (Wildman–Crippen LogP) is 6.58. The number of ether oxygens (including phenoxy) is 4. The third-order valence-corrected chi connectivity index (χ3v) is 6.04. The van der Waals surface area contributed by atoms with Gasteiger partial charge in [-0.25, -0.2) is 0 Å². The maximum absolute atomic E-state index is 6.50. The second kappa shape index (κ2) is 12.2. The molecule has 0 heterocycles. The lowest BCUT2D eigenvalue weighted by molar-refractivity contribution is 0.284. The molecular formula is C25H26Cl3NO4. The highest BCUT2D eigenvalue weighted by atomic mass is 35.5. The summed E-state index contributed by atoms with van der Waals surface area (Å²) in [5.74, 6) is 2.50. The first-order valence-corrected chi connectivity index (χ1v) is 11.4. The zero-order valence-electron chi connectivity index (χ0n) is 18.7. The number of hydrogen-bond donors (Lipinski definition) is 1. The molecule has 0 amide bonds. The highest BCUT2D eigenvalue weighted by Crippen LogP contribution is 2.37. The van der Waals surface area contributed by atoms with Crippen LogP contribution in [0.2, 0.25) is 15.1 Å². The van der Waals surface area contributed by atoms with Crippen molar-refractivity contribution in [2.45, 2.75) is 19.6 Å². The van der Waals surface area contributed by atoms with Crippen molar-refractivity contribution >= 4 is 34.8 Å². The normalized spacial score (nSPS) is 10.7. The highest BCUT2D eigenvalue weighted by molar-refractivity contribution is 6.42. The molecule has 0 aliphatic heterocycles. The van der Waals surface area contributed by atoms with Crippen LogP contribution >= 0.6 is 34.8 Å². The van der Waals surface area contributed by atoms with Crippen molar-refractivity contribution in [1.82, 2.24) is 5.32 Å². The van der Waals surface area contributed by atoms with Crippen LogP contribution in [0.3, 0.4) is 0 Å². The van der Waals surface area contributed by atoms with Crippen LogP contribution in [0.1, 0.15) is 16.7 Å². The lowest BCUT2D eigenvalue weighted by Gasteiger charge is -2.15. The standard InChI is InChI=1S/C25H26Cl3NO4/c1-30-22-7-5-16(12-23(22)31-2)8-9-29-14-18-11-21(28)25(24(13-18)32-3)33-15-17-4-6-19(26)20(27)10-17/h4-7,10-13,29H,8-9,14-15H2,1-3H3. The Kier molecular flexibility index (Phi) is 9.39. The average Bonchev–Trinajstić information content (AvgIpc) is 2.82. The summed E-state index contributed by atoms with van der Waals surface area (Å²) in [5.41, 5.74) is 3.02. The van der Waals surface area contributed by atoms with Gasteiger partial charge in [-0.15, -0.1) is 0 Å². The lowest BCUT2D eigenvalue weighted by Crippen LogP contribution is -2.17. The van der Waals surface area contributed by atoms with Crippen molar-refractivity contribution in [1.29, 1.82) is 0 Å². The third kappa shape index (κ3) is 6.84. The molecule has 0 bridgehead atoms. The second-order valence-electron chi connectivity index (χ2n) is 7.26. The van der Waals surface area contributed by atoms with E-state index >= 15 is 0 Å². The Morgan fingerprint density at radius 2 is 1.33 bits per heavy atom. The van der Waals surface area contributed by atoms with E-state index in [-0.39, 0.29) is 6.61 Å². The molecule has 1 N–H and O–H groups in total. The van der Waals surface area contributed by atoms with E-state index in [2.05, 4.69) is 5.32 Å². The fraction of sp³-hybridized carbons (Fsp3) is 0.280. The Hall–Kier alpha value is -2.31. The number of hydrogen-bond acceptors (Lipinski definition) is 5. The zero-order chi connectivity index (χ0) is 23.8. The maximum atomic E-state index is 6.50. The van der Waals surface area contributed by atoms with Gasteiger partial charge in [-0.1, -0.05) is 46.9 Å². The van der Waals surface area contributed by atoms with Gasteiger partial charge in [0.2, 0.25) is 0 Å². The predicted molar refractivity (Wildman–Crippen MR) is 134 cm³/mol. The van der Waals surface area contributed by atoms with Gasteiger partial charge in [0.05, 0.1) is 36.4 Å². The molecule has 0 saturated carbocycles. The van der Waals surface area contributed by atoms with Gasteiger partial charge in [0.1, 0.15) is 6.61 Å². The van der Waals surface area contributed by atoms with Crippen molar-refractivity contribution in [3.05, 3.63) is 80.3 Å². The molecule has 8 heteroatoms. The summed E-state index contributed by atoms with van der Waals surface area (Å²) in [7, 11) is 4.85. The summed E-state index contributed by atoms with van der Waals surface area (Å²) in [4.78, 5) is 0. The zero-order valence-corrected chi connectivity index (χ0v) is 21.0. The molecule has 0 aromatic heterocycles. The molecule has 0 spiro atoms. The third-order valence-electron chi connectivity index (χ3n) is 5.02. The number of methoxy groups -OCH3 is 3. The van der Waals surface area contributed by atoms with E-state index in [1.807, 2.05) is 36.4 Å². The number of halogens is 3. The molecule has 3 aromatic carbocycles. The Morgan fingerprint density at radius 1 is 0.667 bits per heavy atom. The summed E-state index contributed by atoms with van der Waals surface area (Å²) in [6.07, 6.45) is 0.843. The first-order chi connectivity index (χ1) is 15.9. The molecular weight excluding hydrogens is 485 g/mol. The number of rotatable bonds is 11. The molecule has 0 atom stereocenters. The summed E-state index contributed by atoms with van der Waals surface area (Å²) in [5, 5.41) is 4.88. The van der Waals surface area contributed by atoms with Crippen LogP contribution in [0, 0.1) is 0 Å². The maximum Gasteiger partial charge on any atom is 0.180 e. The summed E-state index contributed by atoms with van der Waals surface area (Å²) in [6.45, 7) is 1.71. The Balaban J connectivity index is 1.58. The number of benzene rings is 3. The van der Waals surface area contributed by atoms with Crippen molar-refractivity contribution in [3.63, 3.8) is 0 Å². The van der Waals surface area contributed by atoms with E-state index in [0.29, 0.717) is 33.1 Å².